The minimum Gasteiger partial charge on any atom is -0.294 e. The Hall–Kier alpha value is -1.55. The number of benzene rings is 1. The summed E-state index contributed by atoms with van der Waals surface area (Å²) in [4.78, 5) is 12.8. The molecule has 0 spiro atoms. The lowest BCUT2D eigenvalue weighted by Crippen LogP contribution is -2.05. The second-order valence-electron chi connectivity index (χ2n) is 3.60. The fourth-order valence-electron chi connectivity index (χ4n) is 1.55. The van der Waals surface area contributed by atoms with Gasteiger partial charge in [0.1, 0.15) is 0 Å². The predicted molar refractivity (Wildman–Crippen MR) is 63.3 cm³/mol. The molecule has 2 rings (SSSR count). The molecule has 0 amide bonds. The van der Waals surface area contributed by atoms with Crippen LogP contribution in [0.15, 0.2) is 35.7 Å². The summed E-state index contributed by atoms with van der Waals surface area (Å²) in [6.07, 6.45) is 0.757. The number of ketones is 1. The maximum atomic E-state index is 13.3. The van der Waals surface area contributed by atoms with E-state index in [1.54, 1.807) is 11.3 Å². The third kappa shape index (κ3) is 2.77. The number of Topliss-reactive ketones (excluding diaryl/α,β-unsaturated/α-hetero) is 1. The molecule has 0 atom stereocenters. The zero-order valence-electron chi connectivity index (χ0n) is 8.95. The Morgan fingerprint density at radius 3 is 2.71 bits per heavy atom. The summed E-state index contributed by atoms with van der Waals surface area (Å²) in [5, 5.41) is 1.92. The van der Waals surface area contributed by atoms with Crippen LogP contribution in [0.1, 0.15) is 21.7 Å². The van der Waals surface area contributed by atoms with Crippen LogP contribution in [0, 0.1) is 11.6 Å². The van der Waals surface area contributed by atoms with Crippen LogP contribution in [0.2, 0.25) is 0 Å². The van der Waals surface area contributed by atoms with Crippen LogP contribution in [0.3, 0.4) is 0 Å². The lowest BCUT2D eigenvalue weighted by molar-refractivity contribution is 0.0978. The van der Waals surface area contributed by atoms with Crippen molar-refractivity contribution >= 4 is 17.1 Å². The highest BCUT2D eigenvalue weighted by molar-refractivity contribution is 7.09. The minimum atomic E-state index is -1.05. The first-order valence-corrected chi connectivity index (χ1v) is 6.06. The van der Waals surface area contributed by atoms with Gasteiger partial charge < -0.3 is 0 Å². The number of thiophene rings is 1. The molecular formula is C13H10F2OS. The SMILES string of the molecule is O=C(CCc1cccs1)c1cccc(F)c1F. The van der Waals surface area contributed by atoms with Gasteiger partial charge in [-0.3, -0.25) is 4.79 Å². The number of hydrogen-bond acceptors (Lipinski definition) is 2. The van der Waals surface area contributed by atoms with Crippen molar-refractivity contribution in [2.24, 2.45) is 0 Å². The van der Waals surface area contributed by atoms with Crippen molar-refractivity contribution in [1.82, 2.24) is 0 Å². The molecule has 88 valence electrons. The fraction of sp³-hybridized carbons (Fsp3) is 0.154. The van der Waals surface area contributed by atoms with Gasteiger partial charge in [-0.15, -0.1) is 11.3 Å². The lowest BCUT2D eigenvalue weighted by atomic mass is 10.1. The third-order valence-corrected chi connectivity index (χ3v) is 3.37. The van der Waals surface area contributed by atoms with E-state index >= 15 is 0 Å². The van der Waals surface area contributed by atoms with Crippen molar-refractivity contribution in [2.45, 2.75) is 12.8 Å². The summed E-state index contributed by atoms with van der Waals surface area (Å²) in [5.74, 6) is -2.40. The first kappa shape index (κ1) is 11.9. The number of rotatable bonds is 4. The predicted octanol–water partition coefficient (Wildman–Crippen LogP) is 3.84. The highest BCUT2D eigenvalue weighted by atomic mass is 32.1. The van der Waals surface area contributed by atoms with Crippen molar-refractivity contribution in [2.75, 3.05) is 0 Å². The van der Waals surface area contributed by atoms with Gasteiger partial charge in [0.05, 0.1) is 5.56 Å². The molecule has 1 aromatic heterocycles. The Kier molecular flexibility index (Phi) is 3.64. The van der Waals surface area contributed by atoms with E-state index in [9.17, 15) is 13.6 Å². The van der Waals surface area contributed by atoms with E-state index in [1.807, 2.05) is 17.5 Å². The van der Waals surface area contributed by atoms with Crippen LogP contribution >= 0.6 is 11.3 Å². The highest BCUT2D eigenvalue weighted by Crippen LogP contribution is 2.16. The summed E-state index contributed by atoms with van der Waals surface area (Å²) in [6, 6.07) is 7.48. The molecule has 0 aliphatic carbocycles. The Labute approximate surface area is 102 Å². The van der Waals surface area contributed by atoms with Crippen LogP contribution in [-0.4, -0.2) is 5.78 Å². The third-order valence-electron chi connectivity index (χ3n) is 2.43. The molecular weight excluding hydrogens is 242 g/mol. The van der Waals surface area contributed by atoms with Crippen LogP contribution < -0.4 is 0 Å². The van der Waals surface area contributed by atoms with Gasteiger partial charge >= 0.3 is 0 Å². The summed E-state index contributed by atoms with van der Waals surface area (Å²) in [5.41, 5.74) is -0.165. The molecule has 1 heterocycles. The molecule has 0 aliphatic rings. The molecule has 0 N–H and O–H groups in total. The van der Waals surface area contributed by atoms with Crippen molar-refractivity contribution in [3.63, 3.8) is 0 Å². The van der Waals surface area contributed by atoms with Gasteiger partial charge in [-0.1, -0.05) is 12.1 Å². The Balaban J connectivity index is 2.07. The summed E-state index contributed by atoms with van der Waals surface area (Å²) < 4.78 is 26.3. The zero-order chi connectivity index (χ0) is 12.3. The molecule has 0 radical (unpaired) electrons. The van der Waals surface area contributed by atoms with Gasteiger partial charge in [0.25, 0.3) is 0 Å². The monoisotopic (exact) mass is 252 g/mol. The van der Waals surface area contributed by atoms with E-state index in [2.05, 4.69) is 0 Å². The number of hydrogen-bond donors (Lipinski definition) is 0. The molecule has 1 aromatic carbocycles. The van der Waals surface area contributed by atoms with E-state index in [1.165, 1.54) is 12.1 Å². The average molecular weight is 252 g/mol. The molecule has 4 heteroatoms. The fourth-order valence-corrected chi connectivity index (χ4v) is 2.25. The summed E-state index contributed by atoms with van der Waals surface area (Å²) in [6.45, 7) is 0. The molecule has 0 aliphatic heterocycles. The largest absolute Gasteiger partial charge is 0.294 e. The maximum Gasteiger partial charge on any atom is 0.169 e. The zero-order valence-corrected chi connectivity index (χ0v) is 9.77. The number of halogens is 2. The molecule has 0 fully saturated rings. The van der Waals surface area contributed by atoms with E-state index in [0.717, 1.165) is 10.9 Å². The summed E-state index contributed by atoms with van der Waals surface area (Å²) in [7, 11) is 0. The van der Waals surface area contributed by atoms with Crippen LogP contribution in [0.5, 0.6) is 0 Å². The highest BCUT2D eigenvalue weighted by Gasteiger charge is 2.14. The molecule has 0 saturated carbocycles. The van der Waals surface area contributed by atoms with Crippen molar-refractivity contribution < 1.29 is 13.6 Å². The van der Waals surface area contributed by atoms with Crippen LogP contribution in [0.4, 0.5) is 8.78 Å². The van der Waals surface area contributed by atoms with Gasteiger partial charge in [-0.25, -0.2) is 8.78 Å². The molecule has 17 heavy (non-hydrogen) atoms. The van der Waals surface area contributed by atoms with Gasteiger partial charge in [0, 0.05) is 11.3 Å². The van der Waals surface area contributed by atoms with E-state index in [-0.39, 0.29) is 17.8 Å². The molecule has 0 unspecified atom stereocenters. The average Bonchev–Trinajstić information content (AvgIpc) is 2.82. The van der Waals surface area contributed by atoms with Gasteiger partial charge in [0.15, 0.2) is 17.4 Å². The molecule has 0 saturated heterocycles. The van der Waals surface area contributed by atoms with Crippen molar-refractivity contribution in [3.8, 4) is 0 Å². The van der Waals surface area contributed by atoms with Crippen molar-refractivity contribution in [3.05, 3.63) is 57.8 Å². The number of aryl methyl sites for hydroxylation is 1. The second kappa shape index (κ2) is 5.19. The first-order chi connectivity index (χ1) is 8.18. The smallest absolute Gasteiger partial charge is 0.169 e. The summed E-state index contributed by atoms with van der Waals surface area (Å²) >= 11 is 1.55. The van der Waals surface area contributed by atoms with Gasteiger partial charge in [0.2, 0.25) is 0 Å². The van der Waals surface area contributed by atoms with E-state index in [0.29, 0.717) is 6.42 Å². The topological polar surface area (TPSA) is 17.1 Å². The number of carbonyl (C=O) groups is 1. The second-order valence-corrected chi connectivity index (χ2v) is 4.64. The van der Waals surface area contributed by atoms with E-state index in [4.69, 9.17) is 0 Å². The van der Waals surface area contributed by atoms with Crippen molar-refractivity contribution in [1.29, 1.82) is 0 Å². The van der Waals surface area contributed by atoms with E-state index < -0.39 is 11.6 Å². The quantitative estimate of drug-likeness (QED) is 0.755. The molecule has 2 aromatic rings. The maximum absolute atomic E-state index is 13.3. The standard InChI is InChI=1S/C13H10F2OS/c14-11-5-1-4-10(13(11)15)12(16)7-6-9-3-2-8-17-9/h1-5,8H,6-7H2. The lowest BCUT2D eigenvalue weighted by Gasteiger charge is -2.02. The number of carbonyl (C=O) groups excluding carboxylic acids is 1. The Morgan fingerprint density at radius 2 is 2.00 bits per heavy atom. The van der Waals surface area contributed by atoms with Crippen LogP contribution in [-0.2, 0) is 6.42 Å². The Bertz CT molecular complexity index is 520. The molecule has 0 bridgehead atoms. The Morgan fingerprint density at radius 1 is 1.18 bits per heavy atom. The van der Waals surface area contributed by atoms with Crippen LogP contribution in [0.25, 0.3) is 0 Å². The van der Waals surface area contributed by atoms with Gasteiger partial charge in [-0.05, 0) is 30.0 Å². The molecule has 1 nitrogen and oxygen atoms in total. The van der Waals surface area contributed by atoms with Gasteiger partial charge in [-0.2, -0.15) is 0 Å². The first-order valence-electron chi connectivity index (χ1n) is 5.18. The minimum absolute atomic E-state index is 0.165. The normalized spacial score (nSPS) is 10.5.